The second-order valence-corrected chi connectivity index (χ2v) is 11.1. The SMILES string of the molecule is CC(=O)O[C@H]1CC[C@@]2(C)C(=CC=C3C4CCC([C@H](C)CCC(=O)O)C4(C)[C@@H](O)C[C@@H]32)C1. The molecule has 2 N–H and O–H groups in total. The van der Waals surface area contributed by atoms with E-state index in [0.717, 1.165) is 38.5 Å². The van der Waals surface area contributed by atoms with Gasteiger partial charge in [0.2, 0.25) is 0 Å². The summed E-state index contributed by atoms with van der Waals surface area (Å²) in [6.07, 6.45) is 10.6. The number of hydrogen-bond acceptors (Lipinski definition) is 4. The Morgan fingerprint density at radius 3 is 2.61 bits per heavy atom. The van der Waals surface area contributed by atoms with Gasteiger partial charge >= 0.3 is 11.9 Å². The van der Waals surface area contributed by atoms with E-state index in [1.807, 2.05) is 0 Å². The molecule has 3 saturated carbocycles. The number of carboxylic acid groups (broad SMARTS) is 1. The predicted octanol–water partition coefficient (Wildman–Crippen LogP) is 4.89. The smallest absolute Gasteiger partial charge is 0.303 e. The Hall–Kier alpha value is -1.62. The van der Waals surface area contributed by atoms with Crippen LogP contribution in [0.4, 0.5) is 0 Å². The van der Waals surface area contributed by atoms with Gasteiger partial charge in [-0.15, -0.1) is 0 Å². The minimum atomic E-state index is -0.735. The Kier molecular flexibility index (Phi) is 5.87. The van der Waals surface area contributed by atoms with E-state index in [1.54, 1.807) is 0 Å². The zero-order valence-electron chi connectivity index (χ0n) is 19.4. The van der Waals surface area contributed by atoms with Crippen LogP contribution in [0, 0.1) is 34.5 Å². The Morgan fingerprint density at radius 1 is 1.19 bits per heavy atom. The van der Waals surface area contributed by atoms with Gasteiger partial charge in [-0.2, -0.15) is 0 Å². The van der Waals surface area contributed by atoms with Crippen LogP contribution in [0.25, 0.3) is 0 Å². The summed E-state index contributed by atoms with van der Waals surface area (Å²) in [5.74, 6) is 0.403. The molecule has 0 radical (unpaired) electrons. The lowest BCUT2D eigenvalue weighted by molar-refractivity contribution is -0.148. The fourth-order valence-electron chi connectivity index (χ4n) is 7.79. The summed E-state index contributed by atoms with van der Waals surface area (Å²) >= 11 is 0. The predicted molar refractivity (Wildman–Crippen MR) is 118 cm³/mol. The zero-order chi connectivity index (χ0) is 22.6. The molecule has 8 atom stereocenters. The number of aliphatic hydroxyl groups excluding tert-OH is 1. The first kappa shape index (κ1) is 22.6. The zero-order valence-corrected chi connectivity index (χ0v) is 19.4. The van der Waals surface area contributed by atoms with E-state index in [9.17, 15) is 14.7 Å². The van der Waals surface area contributed by atoms with Crippen molar-refractivity contribution in [1.82, 2.24) is 0 Å². The van der Waals surface area contributed by atoms with Gasteiger partial charge in [0.1, 0.15) is 6.10 Å². The maximum atomic E-state index is 11.5. The third-order valence-electron chi connectivity index (χ3n) is 9.54. The van der Waals surface area contributed by atoms with Crippen molar-refractivity contribution in [3.8, 4) is 0 Å². The molecule has 0 aromatic carbocycles. The van der Waals surface area contributed by atoms with Crippen molar-refractivity contribution in [3.05, 3.63) is 23.3 Å². The van der Waals surface area contributed by atoms with Gasteiger partial charge in [-0.25, -0.2) is 0 Å². The molecule has 0 heterocycles. The fourth-order valence-corrected chi connectivity index (χ4v) is 7.79. The molecular formula is C26H38O5. The third-order valence-corrected chi connectivity index (χ3v) is 9.54. The van der Waals surface area contributed by atoms with Crippen LogP contribution in [0.1, 0.15) is 79.1 Å². The van der Waals surface area contributed by atoms with E-state index in [-0.39, 0.29) is 35.4 Å². The second kappa shape index (κ2) is 8.06. The molecule has 3 fully saturated rings. The number of allylic oxidation sites excluding steroid dienone is 3. The van der Waals surface area contributed by atoms with Crippen LogP contribution in [-0.2, 0) is 14.3 Å². The molecule has 5 heteroatoms. The highest BCUT2D eigenvalue weighted by atomic mass is 16.5. The van der Waals surface area contributed by atoms with Crippen molar-refractivity contribution in [2.24, 2.45) is 34.5 Å². The van der Waals surface area contributed by atoms with Crippen molar-refractivity contribution >= 4 is 11.9 Å². The summed E-state index contributed by atoms with van der Waals surface area (Å²) in [4.78, 5) is 22.5. The van der Waals surface area contributed by atoms with Gasteiger partial charge in [0.15, 0.2) is 0 Å². The van der Waals surface area contributed by atoms with E-state index >= 15 is 0 Å². The first-order valence-electron chi connectivity index (χ1n) is 12.1. The number of ether oxygens (including phenoxy) is 1. The average Bonchev–Trinajstić information content (AvgIpc) is 3.06. The van der Waals surface area contributed by atoms with Gasteiger partial charge in [-0.05, 0) is 67.6 Å². The first-order valence-corrected chi connectivity index (χ1v) is 12.1. The van der Waals surface area contributed by atoms with E-state index in [0.29, 0.717) is 30.1 Å². The monoisotopic (exact) mass is 430 g/mol. The first-order chi connectivity index (χ1) is 14.6. The maximum Gasteiger partial charge on any atom is 0.303 e. The molecule has 5 nitrogen and oxygen atoms in total. The van der Waals surface area contributed by atoms with Crippen molar-refractivity contribution < 1.29 is 24.5 Å². The minimum absolute atomic E-state index is 0.0239. The van der Waals surface area contributed by atoms with Crippen LogP contribution in [0.5, 0.6) is 0 Å². The molecule has 4 aliphatic rings. The van der Waals surface area contributed by atoms with Crippen molar-refractivity contribution in [2.75, 3.05) is 0 Å². The molecule has 0 amide bonds. The maximum absolute atomic E-state index is 11.5. The van der Waals surface area contributed by atoms with Gasteiger partial charge in [-0.3, -0.25) is 9.59 Å². The number of carbonyl (C=O) groups excluding carboxylic acids is 1. The quantitative estimate of drug-likeness (QED) is 0.607. The molecule has 0 spiro atoms. The lowest BCUT2D eigenvalue weighted by atomic mass is 9.49. The highest BCUT2D eigenvalue weighted by Gasteiger charge is 2.60. The highest BCUT2D eigenvalue weighted by Crippen LogP contribution is 2.66. The van der Waals surface area contributed by atoms with E-state index < -0.39 is 5.97 Å². The third kappa shape index (κ3) is 3.67. The Balaban J connectivity index is 1.60. The van der Waals surface area contributed by atoms with E-state index in [2.05, 4.69) is 32.9 Å². The van der Waals surface area contributed by atoms with Crippen LogP contribution in [-0.4, -0.2) is 34.4 Å². The lowest BCUT2D eigenvalue weighted by Gasteiger charge is -2.57. The molecule has 0 aromatic rings. The van der Waals surface area contributed by atoms with Crippen LogP contribution < -0.4 is 0 Å². The minimum Gasteiger partial charge on any atom is -0.481 e. The van der Waals surface area contributed by atoms with Crippen LogP contribution in [0.2, 0.25) is 0 Å². The standard InChI is InChI=1S/C26H38O5/c1-15(5-10-24(29)30)20-8-9-21-19-7-6-17-13-18(31-16(2)27)11-12-25(17,3)22(19)14-23(28)26(20,21)4/h6-7,15,18,20-23,28H,5,8-14H2,1-4H3,(H,29,30)/t15-,18+,20?,21?,22+,23+,25+,26?/m1/s1. The number of carbonyl (C=O) groups is 2. The van der Waals surface area contributed by atoms with E-state index in [4.69, 9.17) is 9.84 Å². The normalized spacial score (nSPS) is 42.4. The summed E-state index contributed by atoms with van der Waals surface area (Å²) in [5, 5.41) is 20.6. The fraction of sp³-hybridized carbons (Fsp3) is 0.769. The number of aliphatic carboxylic acids is 1. The molecule has 3 unspecified atom stereocenters. The summed E-state index contributed by atoms with van der Waals surface area (Å²) in [6, 6.07) is 0. The van der Waals surface area contributed by atoms with Crippen molar-refractivity contribution in [2.45, 2.75) is 91.3 Å². The molecule has 0 bridgehead atoms. The largest absolute Gasteiger partial charge is 0.481 e. The van der Waals surface area contributed by atoms with Crippen LogP contribution in [0.15, 0.2) is 23.3 Å². The summed E-state index contributed by atoms with van der Waals surface area (Å²) < 4.78 is 5.52. The molecule has 0 aromatic heterocycles. The molecular weight excluding hydrogens is 392 g/mol. The lowest BCUT2D eigenvalue weighted by Crippen LogP contribution is -2.53. The van der Waals surface area contributed by atoms with Gasteiger partial charge in [0, 0.05) is 25.2 Å². The summed E-state index contributed by atoms with van der Waals surface area (Å²) in [7, 11) is 0. The number of carboxylic acids is 1. The molecule has 4 aliphatic carbocycles. The van der Waals surface area contributed by atoms with Gasteiger partial charge in [0.25, 0.3) is 0 Å². The second-order valence-electron chi connectivity index (χ2n) is 11.1. The molecule has 31 heavy (non-hydrogen) atoms. The highest BCUT2D eigenvalue weighted by molar-refractivity contribution is 5.66. The number of esters is 1. The molecule has 172 valence electrons. The van der Waals surface area contributed by atoms with Gasteiger partial charge < -0.3 is 14.9 Å². The van der Waals surface area contributed by atoms with Crippen LogP contribution in [0.3, 0.4) is 0 Å². The topological polar surface area (TPSA) is 83.8 Å². The molecule has 0 saturated heterocycles. The van der Waals surface area contributed by atoms with Crippen LogP contribution >= 0.6 is 0 Å². The summed E-state index contributed by atoms with van der Waals surface area (Å²) in [6.45, 7) is 8.25. The average molecular weight is 431 g/mol. The number of rotatable bonds is 5. The number of aliphatic hydroxyl groups is 1. The Morgan fingerprint density at radius 2 is 1.94 bits per heavy atom. The number of fused-ring (bicyclic) bond motifs is 5. The molecule has 0 aliphatic heterocycles. The van der Waals surface area contributed by atoms with Gasteiger partial charge in [-0.1, -0.05) is 44.1 Å². The van der Waals surface area contributed by atoms with Crippen molar-refractivity contribution in [3.63, 3.8) is 0 Å². The summed E-state index contributed by atoms with van der Waals surface area (Å²) in [5.41, 5.74) is 2.70. The Bertz CT molecular complexity index is 813. The van der Waals surface area contributed by atoms with E-state index in [1.165, 1.54) is 18.1 Å². The van der Waals surface area contributed by atoms with Crippen molar-refractivity contribution in [1.29, 1.82) is 0 Å². The molecule has 4 rings (SSSR count). The Labute approximate surface area is 185 Å². The number of hydrogen-bond donors (Lipinski definition) is 2. The van der Waals surface area contributed by atoms with Gasteiger partial charge in [0.05, 0.1) is 6.10 Å².